The number of pyridine rings is 1. The molecule has 0 radical (unpaired) electrons. The minimum absolute atomic E-state index is 0.0914. The minimum atomic E-state index is -0.308. The molecule has 1 aliphatic carbocycles. The van der Waals surface area contributed by atoms with Gasteiger partial charge in [0.2, 0.25) is 0 Å². The van der Waals surface area contributed by atoms with Gasteiger partial charge in [-0.1, -0.05) is 12.8 Å². The molecule has 2 aliphatic rings. The van der Waals surface area contributed by atoms with Gasteiger partial charge in [0, 0.05) is 42.4 Å². The van der Waals surface area contributed by atoms with Crippen molar-refractivity contribution in [2.45, 2.75) is 38.1 Å². The Morgan fingerprint density at radius 3 is 2.65 bits per heavy atom. The predicted molar refractivity (Wildman–Crippen MR) is 94.2 cm³/mol. The molecule has 0 atom stereocenters. The molecule has 2 N–H and O–H groups in total. The zero-order valence-corrected chi connectivity index (χ0v) is 14.5. The molecule has 0 bridgehead atoms. The molecule has 0 unspecified atom stereocenters. The molecule has 5 nitrogen and oxygen atoms in total. The molecule has 2 heterocycles. The number of aryl methyl sites for hydroxylation is 1. The molecule has 2 fully saturated rings. The van der Waals surface area contributed by atoms with Crippen molar-refractivity contribution < 1.29 is 4.79 Å². The summed E-state index contributed by atoms with van der Waals surface area (Å²) in [6, 6.07) is 3.38. The molecule has 6 heteroatoms. The number of hydrogen-bond acceptors (Lipinski definition) is 4. The Labute approximate surface area is 141 Å². The van der Waals surface area contributed by atoms with Gasteiger partial charge in [-0.15, -0.1) is 0 Å². The lowest BCUT2D eigenvalue weighted by molar-refractivity contribution is 0.0816. The second-order valence-corrected chi connectivity index (χ2v) is 7.82. The van der Waals surface area contributed by atoms with E-state index in [1.54, 1.807) is 12.1 Å². The Hall–Kier alpha value is -1.27. The summed E-state index contributed by atoms with van der Waals surface area (Å²) in [6.45, 7) is 4.66. The highest BCUT2D eigenvalue weighted by Crippen LogP contribution is 2.36. The number of H-pyrrole nitrogens is 1. The molecular weight excluding hydrogens is 310 g/mol. The molecule has 0 aromatic carbocycles. The van der Waals surface area contributed by atoms with Gasteiger partial charge in [0.05, 0.1) is 0 Å². The lowest BCUT2D eigenvalue weighted by atomic mass is 9.94. The number of amides is 1. The standard InChI is InChI=1S/C17H25N3O2S/c1-13-4-5-14(16(22)19-13)15(21)18-12-17(6-2-3-7-17)20-8-10-23-11-9-20/h4-5H,2-3,6-12H2,1H3,(H,18,21)(H,19,22). The molecule has 1 saturated carbocycles. The highest BCUT2D eigenvalue weighted by atomic mass is 32.2. The molecule has 126 valence electrons. The van der Waals surface area contributed by atoms with Crippen LogP contribution in [0.1, 0.15) is 41.7 Å². The maximum absolute atomic E-state index is 12.4. The van der Waals surface area contributed by atoms with Crippen LogP contribution in [0.2, 0.25) is 0 Å². The molecule has 1 aliphatic heterocycles. The van der Waals surface area contributed by atoms with E-state index in [0.717, 1.165) is 31.6 Å². The Morgan fingerprint density at radius 1 is 1.30 bits per heavy atom. The molecule has 1 amide bonds. The third-order valence-corrected chi connectivity index (χ3v) is 6.04. The second-order valence-electron chi connectivity index (χ2n) is 6.60. The Balaban J connectivity index is 1.69. The third-order valence-electron chi connectivity index (χ3n) is 5.09. The molecule has 1 aromatic heterocycles. The third kappa shape index (κ3) is 3.63. The molecule has 1 saturated heterocycles. The summed E-state index contributed by atoms with van der Waals surface area (Å²) in [5.74, 6) is 2.09. The Bertz CT molecular complexity index is 617. The van der Waals surface area contributed by atoms with Crippen LogP contribution in [-0.2, 0) is 0 Å². The number of aromatic nitrogens is 1. The van der Waals surface area contributed by atoms with Crippen molar-refractivity contribution in [1.29, 1.82) is 0 Å². The van der Waals surface area contributed by atoms with E-state index in [4.69, 9.17) is 0 Å². The number of carbonyl (C=O) groups is 1. The van der Waals surface area contributed by atoms with E-state index in [1.165, 1.54) is 24.3 Å². The Morgan fingerprint density at radius 2 is 2.00 bits per heavy atom. The fourth-order valence-corrected chi connectivity index (χ4v) is 4.67. The fraction of sp³-hybridized carbons (Fsp3) is 0.647. The summed E-state index contributed by atoms with van der Waals surface area (Å²) in [5, 5.41) is 3.03. The summed E-state index contributed by atoms with van der Waals surface area (Å²) in [6.07, 6.45) is 4.74. The highest BCUT2D eigenvalue weighted by Gasteiger charge is 2.40. The van der Waals surface area contributed by atoms with Gasteiger partial charge >= 0.3 is 0 Å². The van der Waals surface area contributed by atoms with Crippen molar-refractivity contribution >= 4 is 17.7 Å². The molecule has 0 spiro atoms. The quantitative estimate of drug-likeness (QED) is 0.880. The van der Waals surface area contributed by atoms with Crippen LogP contribution in [-0.4, -0.2) is 52.5 Å². The van der Waals surface area contributed by atoms with Crippen LogP contribution in [0.4, 0.5) is 0 Å². The number of thioether (sulfide) groups is 1. The van der Waals surface area contributed by atoms with Gasteiger partial charge in [0.15, 0.2) is 0 Å². The van der Waals surface area contributed by atoms with E-state index in [1.807, 2.05) is 18.7 Å². The van der Waals surface area contributed by atoms with Gasteiger partial charge in [-0.2, -0.15) is 11.8 Å². The van der Waals surface area contributed by atoms with E-state index in [9.17, 15) is 9.59 Å². The van der Waals surface area contributed by atoms with Gasteiger partial charge in [0.25, 0.3) is 11.5 Å². The summed E-state index contributed by atoms with van der Waals surface area (Å²) in [5.41, 5.74) is 0.758. The van der Waals surface area contributed by atoms with Crippen LogP contribution in [0.15, 0.2) is 16.9 Å². The van der Waals surface area contributed by atoms with E-state index in [0.29, 0.717) is 6.54 Å². The normalized spacial score (nSPS) is 21.3. The van der Waals surface area contributed by atoms with Crippen molar-refractivity contribution in [2.24, 2.45) is 0 Å². The van der Waals surface area contributed by atoms with Crippen molar-refractivity contribution in [3.05, 3.63) is 33.7 Å². The van der Waals surface area contributed by atoms with Crippen LogP contribution in [0, 0.1) is 6.92 Å². The van der Waals surface area contributed by atoms with Gasteiger partial charge in [0.1, 0.15) is 5.56 Å². The first-order valence-corrected chi connectivity index (χ1v) is 9.57. The topological polar surface area (TPSA) is 65.2 Å². The first kappa shape index (κ1) is 16.6. The summed E-state index contributed by atoms with van der Waals surface area (Å²) in [4.78, 5) is 29.6. The maximum Gasteiger partial charge on any atom is 0.260 e. The van der Waals surface area contributed by atoms with E-state index in [2.05, 4.69) is 15.2 Å². The van der Waals surface area contributed by atoms with Crippen molar-refractivity contribution in [2.75, 3.05) is 31.1 Å². The van der Waals surface area contributed by atoms with E-state index < -0.39 is 0 Å². The van der Waals surface area contributed by atoms with Crippen molar-refractivity contribution in [3.8, 4) is 0 Å². The van der Waals surface area contributed by atoms with E-state index in [-0.39, 0.29) is 22.6 Å². The number of nitrogens with zero attached hydrogens (tertiary/aromatic N) is 1. The molecule has 1 aromatic rings. The zero-order valence-electron chi connectivity index (χ0n) is 13.7. The summed E-state index contributed by atoms with van der Waals surface area (Å²) >= 11 is 2.01. The number of hydrogen-bond donors (Lipinski definition) is 2. The lowest BCUT2D eigenvalue weighted by Gasteiger charge is -2.43. The monoisotopic (exact) mass is 335 g/mol. The first-order valence-electron chi connectivity index (χ1n) is 8.42. The molecular formula is C17H25N3O2S. The highest BCUT2D eigenvalue weighted by molar-refractivity contribution is 7.99. The van der Waals surface area contributed by atoms with Gasteiger partial charge in [-0.25, -0.2) is 0 Å². The smallest absolute Gasteiger partial charge is 0.260 e. The number of rotatable bonds is 4. The fourth-order valence-electron chi connectivity index (χ4n) is 3.77. The van der Waals surface area contributed by atoms with Crippen LogP contribution in [0.25, 0.3) is 0 Å². The summed E-state index contributed by atoms with van der Waals surface area (Å²) < 4.78 is 0. The number of aromatic amines is 1. The van der Waals surface area contributed by atoms with Crippen LogP contribution in [0.5, 0.6) is 0 Å². The maximum atomic E-state index is 12.4. The van der Waals surface area contributed by atoms with Crippen LogP contribution < -0.4 is 10.9 Å². The minimum Gasteiger partial charge on any atom is -0.350 e. The van der Waals surface area contributed by atoms with Crippen LogP contribution in [0.3, 0.4) is 0 Å². The average Bonchev–Trinajstić information content (AvgIpc) is 3.04. The van der Waals surface area contributed by atoms with Crippen LogP contribution >= 0.6 is 11.8 Å². The molecule has 3 rings (SSSR count). The number of carbonyl (C=O) groups excluding carboxylic acids is 1. The van der Waals surface area contributed by atoms with Crippen molar-refractivity contribution in [1.82, 2.24) is 15.2 Å². The lowest BCUT2D eigenvalue weighted by Crippen LogP contribution is -2.56. The zero-order chi connectivity index (χ0) is 16.3. The Kier molecular flexibility index (Phi) is 5.11. The first-order chi connectivity index (χ1) is 11.1. The van der Waals surface area contributed by atoms with Crippen molar-refractivity contribution in [3.63, 3.8) is 0 Å². The average molecular weight is 335 g/mol. The second kappa shape index (κ2) is 7.09. The summed E-state index contributed by atoms with van der Waals surface area (Å²) in [7, 11) is 0. The van der Waals surface area contributed by atoms with Gasteiger partial charge < -0.3 is 10.3 Å². The molecule has 23 heavy (non-hydrogen) atoms. The SMILES string of the molecule is Cc1ccc(C(=O)NCC2(N3CCSCC3)CCCC2)c(=O)[nH]1. The van der Waals surface area contributed by atoms with E-state index >= 15 is 0 Å². The van der Waals surface area contributed by atoms with Gasteiger partial charge in [-0.3, -0.25) is 14.5 Å². The largest absolute Gasteiger partial charge is 0.350 e. The predicted octanol–water partition coefficient (Wildman–Crippen LogP) is 1.77. The number of nitrogens with one attached hydrogen (secondary N) is 2. The van der Waals surface area contributed by atoms with Gasteiger partial charge in [-0.05, 0) is 31.9 Å².